The molecule has 3 aromatic carbocycles. The zero-order valence-corrected chi connectivity index (χ0v) is 54.5. The largest absolute Gasteiger partial charge is 0.433 e. The van der Waals surface area contributed by atoms with Gasteiger partial charge in [0.15, 0.2) is 51.8 Å². The molecule has 15 rings (SSSR count). The van der Waals surface area contributed by atoms with Gasteiger partial charge in [0, 0.05) is 96.0 Å². The van der Waals surface area contributed by atoms with Crippen molar-refractivity contribution in [2.45, 2.75) is 45.7 Å². The summed E-state index contributed by atoms with van der Waals surface area (Å²) in [5, 5.41) is 26.8. The number of nitrogens with zero attached hydrogens (tertiary/aromatic N) is 18. The smallest absolute Gasteiger partial charge is 0.292 e. The standard InChI is InChI=1S/C25H21FN6O.C24H16F4N6O.C22H15F3N6OS/c1-15-9-16(2)28-21(10-15)19-13-27-31(3)24(19)22(33)11-18-12-23-29-25(17-7-5-4-6-8-17)30-32(23)14-20(18)26;1-33-22(16(12-29-33)18-8-5-9-20(30-18)24(26,27)28)19(35)10-15-11-21-31-23(14-6-3-2-4-7-14)32-34(21)13-17(15)25;1-30-19(14(9-26-30)22-27-16(11-33-22)20(24)25)17(32)7-13-8-18-28-21(12-5-3-2-4-6-12)29-31(18)10-15(13)23/h4-10,12-14H,11H2,1-3H3;2-9,11-13H,10H2,1H3;2-6,8-11,20H,7H2,1H3. The highest BCUT2D eigenvalue weighted by Crippen LogP contribution is 2.34. The lowest BCUT2D eigenvalue weighted by Crippen LogP contribution is -2.13. The number of aromatic nitrogens is 18. The quantitative estimate of drug-likeness (QED) is 0.0646. The first-order valence-corrected chi connectivity index (χ1v) is 31.6. The number of benzene rings is 3. The first-order chi connectivity index (χ1) is 48.5. The third-order valence-electron chi connectivity index (χ3n) is 15.9. The fraction of sp³-hybridized carbons (Fsp3) is 0.141. The Balaban J connectivity index is 0.000000136. The Hall–Kier alpha value is -12.5. The molecule has 15 aromatic rings. The number of aryl methyl sites for hydroxylation is 5. The van der Waals surface area contributed by atoms with Crippen LogP contribution >= 0.6 is 11.3 Å². The van der Waals surface area contributed by atoms with E-state index in [9.17, 15) is 49.5 Å². The molecule has 0 unspecified atom stereocenters. The van der Waals surface area contributed by atoms with E-state index in [1.165, 1.54) is 89.1 Å². The topological polar surface area (TPSA) is 234 Å². The number of fused-ring (bicyclic) bond motifs is 3. The van der Waals surface area contributed by atoms with Crippen LogP contribution < -0.4 is 0 Å². The van der Waals surface area contributed by atoms with Crippen LogP contribution in [-0.4, -0.2) is 105 Å². The summed E-state index contributed by atoms with van der Waals surface area (Å²) in [4.78, 5) is 65.0. The molecule has 101 heavy (non-hydrogen) atoms. The highest BCUT2D eigenvalue weighted by molar-refractivity contribution is 7.13. The third-order valence-corrected chi connectivity index (χ3v) is 16.8. The summed E-state index contributed by atoms with van der Waals surface area (Å²) in [6.07, 6.45) is -0.262. The molecule has 0 fully saturated rings. The second-order valence-electron chi connectivity index (χ2n) is 23.1. The van der Waals surface area contributed by atoms with Crippen molar-refractivity contribution in [3.8, 4) is 67.2 Å². The van der Waals surface area contributed by atoms with Crippen LogP contribution in [0.3, 0.4) is 0 Å². The molecule has 21 nitrogen and oxygen atoms in total. The second-order valence-corrected chi connectivity index (χ2v) is 24.0. The Morgan fingerprint density at radius 1 is 0.465 bits per heavy atom. The molecule has 0 aliphatic carbocycles. The van der Waals surface area contributed by atoms with E-state index in [0.717, 1.165) is 51.5 Å². The number of pyridine rings is 5. The van der Waals surface area contributed by atoms with E-state index in [-0.39, 0.29) is 75.1 Å². The van der Waals surface area contributed by atoms with E-state index in [2.05, 4.69) is 60.5 Å². The van der Waals surface area contributed by atoms with Crippen LogP contribution in [0.5, 0.6) is 0 Å². The van der Waals surface area contributed by atoms with Crippen LogP contribution in [-0.2, 0) is 46.6 Å². The summed E-state index contributed by atoms with van der Waals surface area (Å²) in [6, 6.07) is 39.6. The molecular weight excluding hydrogens is 1340 g/mol. The summed E-state index contributed by atoms with van der Waals surface area (Å²) < 4.78 is 118. The number of Topliss-reactive ketones (excluding diaryl/α,β-unsaturated/α-hetero) is 3. The first-order valence-electron chi connectivity index (χ1n) is 30.7. The molecule has 12 aromatic heterocycles. The van der Waals surface area contributed by atoms with Crippen LogP contribution in [0.2, 0.25) is 0 Å². The van der Waals surface area contributed by atoms with E-state index >= 15 is 0 Å². The van der Waals surface area contributed by atoms with Gasteiger partial charge in [0.25, 0.3) is 6.43 Å². The minimum atomic E-state index is -4.64. The van der Waals surface area contributed by atoms with Gasteiger partial charge in [-0.3, -0.25) is 33.4 Å². The summed E-state index contributed by atoms with van der Waals surface area (Å²) in [5.74, 6) is -1.69. The molecule has 30 heteroatoms. The monoisotopic (exact) mass is 1390 g/mol. The zero-order chi connectivity index (χ0) is 71.0. The fourth-order valence-corrected chi connectivity index (χ4v) is 12.0. The Morgan fingerprint density at radius 2 is 0.861 bits per heavy atom. The predicted octanol–water partition coefficient (Wildman–Crippen LogP) is 13.9. The molecule has 0 radical (unpaired) electrons. The van der Waals surface area contributed by atoms with Gasteiger partial charge in [0.2, 0.25) is 0 Å². The number of hydrogen-bond acceptors (Lipinski definition) is 16. The van der Waals surface area contributed by atoms with Gasteiger partial charge in [-0.25, -0.2) is 60.4 Å². The van der Waals surface area contributed by atoms with Crippen molar-refractivity contribution in [1.82, 2.24) is 88.1 Å². The first kappa shape index (κ1) is 67.1. The van der Waals surface area contributed by atoms with Crippen molar-refractivity contribution < 1.29 is 49.5 Å². The maximum atomic E-state index is 14.9. The molecule has 12 heterocycles. The molecule has 0 saturated carbocycles. The Labute approximate surface area is 570 Å². The number of hydrogen-bond donors (Lipinski definition) is 0. The lowest BCUT2D eigenvalue weighted by molar-refractivity contribution is -0.141. The van der Waals surface area contributed by atoms with Crippen LogP contribution in [0.15, 0.2) is 182 Å². The molecule has 0 amide bonds. The molecule has 0 aliphatic heterocycles. The van der Waals surface area contributed by atoms with Crippen molar-refractivity contribution in [3.05, 3.63) is 256 Å². The maximum Gasteiger partial charge on any atom is 0.433 e. The normalized spacial score (nSPS) is 11.5. The highest BCUT2D eigenvalue weighted by Gasteiger charge is 2.34. The summed E-state index contributed by atoms with van der Waals surface area (Å²) >= 11 is 0.996. The zero-order valence-electron chi connectivity index (χ0n) is 53.7. The summed E-state index contributed by atoms with van der Waals surface area (Å²) in [7, 11) is 4.74. The van der Waals surface area contributed by atoms with Gasteiger partial charge in [-0.15, -0.1) is 26.6 Å². The molecule has 0 saturated heterocycles. The van der Waals surface area contributed by atoms with Crippen molar-refractivity contribution in [3.63, 3.8) is 0 Å². The minimum Gasteiger partial charge on any atom is -0.292 e. The molecule has 0 bridgehead atoms. The van der Waals surface area contributed by atoms with Gasteiger partial charge in [-0.05, 0) is 61.9 Å². The average Bonchev–Trinajstić information content (AvgIpc) is 1.70. The number of alkyl halides is 5. The molecule has 0 N–H and O–H groups in total. The SMILES string of the molecule is Cc1cc(C)nc(-c2cnn(C)c2C(=O)Cc2cc3nc(-c4ccccc4)nn3cc2F)c1.Cn1ncc(-c2cccc(C(F)(F)F)n2)c1C(=O)Cc1cc2nc(-c3ccccc3)nn2cc1F.Cn1ncc(-c2nc(C(F)F)cs2)c1C(=O)Cc1cc2nc(-c3ccccc3)nn2cc1F. The Bertz CT molecular complexity index is 5610. The van der Waals surface area contributed by atoms with Crippen molar-refractivity contribution in [1.29, 1.82) is 0 Å². The lowest BCUT2D eigenvalue weighted by Gasteiger charge is -2.09. The molecule has 0 spiro atoms. The Kier molecular flexibility index (Phi) is 18.5. The fourth-order valence-electron chi connectivity index (χ4n) is 11.2. The average molecular weight is 1390 g/mol. The van der Waals surface area contributed by atoms with Gasteiger partial charge in [0.1, 0.15) is 50.9 Å². The maximum absolute atomic E-state index is 14.9. The van der Waals surface area contributed by atoms with E-state index < -0.39 is 47.3 Å². The van der Waals surface area contributed by atoms with Crippen LogP contribution in [0.1, 0.15) is 77.2 Å². The van der Waals surface area contributed by atoms with Gasteiger partial charge in [-0.2, -0.15) is 28.5 Å². The van der Waals surface area contributed by atoms with E-state index in [0.29, 0.717) is 56.9 Å². The van der Waals surface area contributed by atoms with Gasteiger partial charge in [0.05, 0.1) is 54.1 Å². The van der Waals surface area contributed by atoms with Crippen LogP contribution in [0, 0.1) is 31.3 Å². The number of rotatable bonds is 16. The Morgan fingerprint density at radius 3 is 1.25 bits per heavy atom. The third kappa shape index (κ3) is 14.3. The predicted molar refractivity (Wildman–Crippen MR) is 356 cm³/mol. The number of thiazole rings is 1. The number of carbonyl (C=O) groups is 3. The highest BCUT2D eigenvalue weighted by atomic mass is 32.1. The van der Waals surface area contributed by atoms with E-state index in [4.69, 9.17) is 0 Å². The van der Waals surface area contributed by atoms with Gasteiger partial charge >= 0.3 is 6.18 Å². The van der Waals surface area contributed by atoms with Crippen molar-refractivity contribution in [2.75, 3.05) is 0 Å². The number of ketones is 3. The van der Waals surface area contributed by atoms with Crippen molar-refractivity contribution in [2.24, 2.45) is 21.1 Å². The van der Waals surface area contributed by atoms with Crippen molar-refractivity contribution >= 4 is 45.6 Å². The number of carbonyl (C=O) groups excluding carboxylic acids is 3. The van der Waals surface area contributed by atoms with Gasteiger partial charge in [-0.1, -0.05) is 97.1 Å². The molecule has 0 aliphatic rings. The molecule has 506 valence electrons. The lowest BCUT2D eigenvalue weighted by atomic mass is 10.0. The molecular formula is C71H52F8N18O3S. The number of halogens is 8. The minimum absolute atomic E-state index is 0.0162. The van der Waals surface area contributed by atoms with Crippen LogP contribution in [0.25, 0.3) is 84.2 Å². The van der Waals surface area contributed by atoms with E-state index in [1.54, 1.807) is 26.4 Å². The summed E-state index contributed by atoms with van der Waals surface area (Å²) in [6.45, 7) is 3.88. The van der Waals surface area contributed by atoms with E-state index in [1.807, 2.05) is 117 Å². The summed E-state index contributed by atoms with van der Waals surface area (Å²) in [5.41, 5.74) is 6.73. The van der Waals surface area contributed by atoms with Gasteiger partial charge < -0.3 is 0 Å². The molecule has 0 atom stereocenters. The van der Waals surface area contributed by atoms with Crippen LogP contribution in [0.4, 0.5) is 35.1 Å². The second kappa shape index (κ2) is 27.8.